The molecular weight excluding hydrogens is 508 g/mol. The summed E-state index contributed by atoms with van der Waals surface area (Å²) in [4.78, 5) is 0. The van der Waals surface area contributed by atoms with Gasteiger partial charge in [0, 0.05) is 9.50 Å². The largest absolute Gasteiger partial charge is 0.495 e. The third-order valence-electron chi connectivity index (χ3n) is 4.30. The van der Waals surface area contributed by atoms with E-state index in [4.69, 9.17) is 20.8 Å². The number of rotatable bonds is 7. The molecule has 8 nitrogen and oxygen atoms in total. The quantitative estimate of drug-likeness (QED) is 0.370. The molecule has 0 saturated heterocycles. The minimum Gasteiger partial charge on any atom is -0.495 e. The Labute approximate surface area is 192 Å². The number of furan rings is 1. The highest BCUT2D eigenvalue weighted by atomic mass is 79.9. The number of halogens is 2. The van der Waals surface area contributed by atoms with Crippen LogP contribution in [0.25, 0.3) is 17.3 Å². The van der Waals surface area contributed by atoms with E-state index in [9.17, 15) is 8.42 Å². The van der Waals surface area contributed by atoms with Crippen LogP contribution in [0.4, 0.5) is 5.95 Å². The average molecular weight is 524 g/mol. The summed E-state index contributed by atoms with van der Waals surface area (Å²) in [5.41, 5.74) is 1.10. The first-order valence-corrected chi connectivity index (χ1v) is 11.8. The highest BCUT2D eigenvalue weighted by Gasteiger charge is 2.24. The number of anilines is 1. The van der Waals surface area contributed by atoms with Crippen molar-refractivity contribution in [2.24, 2.45) is 0 Å². The lowest BCUT2D eigenvalue weighted by atomic mass is 10.2. The molecule has 0 atom stereocenters. The van der Waals surface area contributed by atoms with Crippen LogP contribution in [0.15, 0.2) is 69.8 Å². The molecular formula is C20H16BrClN4O4S. The van der Waals surface area contributed by atoms with Crippen molar-refractivity contribution in [3.8, 4) is 23.0 Å². The fourth-order valence-corrected chi connectivity index (χ4v) is 4.55. The van der Waals surface area contributed by atoms with E-state index >= 15 is 0 Å². The molecule has 0 aliphatic carbocycles. The number of benzene rings is 2. The normalized spacial score (nSPS) is 11.5. The lowest BCUT2D eigenvalue weighted by Crippen LogP contribution is -2.18. The summed E-state index contributed by atoms with van der Waals surface area (Å²) in [6.07, 6.45) is 1.50. The lowest BCUT2D eigenvalue weighted by molar-refractivity contribution is 0.413. The van der Waals surface area contributed by atoms with Gasteiger partial charge in [0.2, 0.25) is 21.8 Å². The van der Waals surface area contributed by atoms with E-state index in [-0.39, 0.29) is 11.7 Å². The molecule has 0 radical (unpaired) electrons. The maximum Gasteiger partial charge on any atom is 0.243 e. The standard InChI is InChI=1S/C20H16BrClN4O4S/c1-29-17-9-6-14(21)11-16(17)26-19(18-3-2-10-30-18)23-24-20(26)25-31(27,28)12-13-4-7-15(22)8-5-13/h2-11H,12H2,1H3,(H,24,25). The van der Waals surface area contributed by atoms with Crippen LogP contribution in [0.2, 0.25) is 5.02 Å². The van der Waals surface area contributed by atoms with Crippen LogP contribution >= 0.6 is 27.5 Å². The van der Waals surface area contributed by atoms with Crippen molar-refractivity contribution in [3.63, 3.8) is 0 Å². The van der Waals surface area contributed by atoms with E-state index < -0.39 is 10.0 Å². The fraction of sp³-hybridized carbons (Fsp3) is 0.100. The molecule has 31 heavy (non-hydrogen) atoms. The smallest absolute Gasteiger partial charge is 0.243 e. The van der Waals surface area contributed by atoms with Gasteiger partial charge >= 0.3 is 0 Å². The summed E-state index contributed by atoms with van der Waals surface area (Å²) in [5, 5.41) is 8.74. The molecule has 0 saturated carbocycles. The van der Waals surface area contributed by atoms with Crippen molar-refractivity contribution in [2.45, 2.75) is 5.75 Å². The Balaban J connectivity index is 1.78. The number of nitrogens with zero attached hydrogens (tertiary/aromatic N) is 3. The zero-order valence-corrected chi connectivity index (χ0v) is 19.3. The lowest BCUT2D eigenvalue weighted by Gasteiger charge is -2.15. The molecule has 0 bridgehead atoms. The summed E-state index contributed by atoms with van der Waals surface area (Å²) in [7, 11) is -2.29. The Morgan fingerprint density at radius 2 is 1.94 bits per heavy atom. The van der Waals surface area contributed by atoms with Crippen LogP contribution in [0.5, 0.6) is 5.75 Å². The molecule has 0 fully saturated rings. The van der Waals surface area contributed by atoms with E-state index in [1.807, 2.05) is 6.07 Å². The van der Waals surface area contributed by atoms with Crippen LogP contribution in [0.1, 0.15) is 5.56 Å². The first-order chi connectivity index (χ1) is 14.9. The number of nitrogens with one attached hydrogen (secondary N) is 1. The van der Waals surface area contributed by atoms with Crippen molar-refractivity contribution >= 4 is 43.5 Å². The van der Waals surface area contributed by atoms with Gasteiger partial charge in [-0.15, -0.1) is 10.2 Å². The first kappa shape index (κ1) is 21.4. The summed E-state index contributed by atoms with van der Waals surface area (Å²) in [6.45, 7) is 0. The number of hydrogen-bond donors (Lipinski definition) is 1. The first-order valence-electron chi connectivity index (χ1n) is 8.94. The van der Waals surface area contributed by atoms with Crippen LogP contribution in [0, 0.1) is 0 Å². The highest BCUT2D eigenvalue weighted by molar-refractivity contribution is 9.10. The SMILES string of the molecule is COc1ccc(Br)cc1-n1c(NS(=O)(=O)Cc2ccc(Cl)cc2)nnc1-c1ccco1. The molecule has 0 unspecified atom stereocenters. The molecule has 4 aromatic rings. The van der Waals surface area contributed by atoms with E-state index in [1.54, 1.807) is 48.5 Å². The van der Waals surface area contributed by atoms with Gasteiger partial charge in [0.15, 0.2) is 5.76 Å². The van der Waals surface area contributed by atoms with Crippen LogP contribution in [-0.2, 0) is 15.8 Å². The fourth-order valence-electron chi connectivity index (χ4n) is 2.96. The van der Waals surface area contributed by atoms with Crippen molar-refractivity contribution in [2.75, 3.05) is 11.8 Å². The number of sulfonamides is 1. The highest BCUT2D eigenvalue weighted by Crippen LogP contribution is 2.33. The predicted octanol–water partition coefficient (Wildman–Crippen LogP) is 4.89. The van der Waals surface area contributed by atoms with Crippen LogP contribution in [-0.4, -0.2) is 30.3 Å². The zero-order chi connectivity index (χ0) is 22.0. The van der Waals surface area contributed by atoms with Gasteiger partial charge in [-0.2, -0.15) is 0 Å². The molecule has 2 aromatic carbocycles. The van der Waals surface area contributed by atoms with E-state index in [2.05, 4.69) is 30.8 Å². The average Bonchev–Trinajstić information content (AvgIpc) is 3.39. The molecule has 1 N–H and O–H groups in total. The van der Waals surface area contributed by atoms with Gasteiger partial charge in [0.1, 0.15) is 5.75 Å². The predicted molar refractivity (Wildman–Crippen MR) is 121 cm³/mol. The molecule has 160 valence electrons. The van der Waals surface area contributed by atoms with Gasteiger partial charge in [-0.3, -0.25) is 9.29 Å². The maximum atomic E-state index is 12.9. The Morgan fingerprint density at radius 1 is 1.16 bits per heavy atom. The monoisotopic (exact) mass is 522 g/mol. The number of hydrogen-bond acceptors (Lipinski definition) is 6. The van der Waals surface area contributed by atoms with E-state index in [0.29, 0.717) is 33.6 Å². The van der Waals surface area contributed by atoms with Crippen LogP contribution in [0.3, 0.4) is 0 Å². The third kappa shape index (κ3) is 4.76. The molecule has 11 heteroatoms. The van der Waals surface area contributed by atoms with Crippen molar-refractivity contribution < 1.29 is 17.6 Å². The second kappa shape index (κ2) is 8.74. The molecule has 0 spiro atoms. The van der Waals surface area contributed by atoms with E-state index in [1.165, 1.54) is 17.9 Å². The van der Waals surface area contributed by atoms with Gasteiger partial charge in [-0.1, -0.05) is 39.7 Å². The van der Waals surface area contributed by atoms with Gasteiger partial charge in [0.25, 0.3) is 0 Å². The maximum absolute atomic E-state index is 12.9. The molecule has 0 amide bonds. The Hall–Kier alpha value is -2.82. The molecule has 2 aromatic heterocycles. The van der Waals surface area contributed by atoms with Crippen LogP contribution < -0.4 is 9.46 Å². The Bertz CT molecular complexity index is 1310. The summed E-state index contributed by atoms with van der Waals surface area (Å²) in [5.74, 6) is 0.955. The van der Waals surface area contributed by atoms with Crippen molar-refractivity contribution in [1.29, 1.82) is 0 Å². The Kier molecular flexibility index (Phi) is 6.03. The van der Waals surface area contributed by atoms with Gasteiger partial charge in [-0.25, -0.2) is 8.42 Å². The van der Waals surface area contributed by atoms with Crippen molar-refractivity contribution in [1.82, 2.24) is 14.8 Å². The Morgan fingerprint density at radius 3 is 2.61 bits per heavy atom. The molecule has 0 aliphatic rings. The van der Waals surface area contributed by atoms with E-state index in [0.717, 1.165) is 4.47 Å². The molecule has 4 rings (SSSR count). The number of methoxy groups -OCH3 is 1. The topological polar surface area (TPSA) is 99.2 Å². The summed E-state index contributed by atoms with van der Waals surface area (Å²) >= 11 is 9.32. The summed E-state index contributed by atoms with van der Waals surface area (Å²) in [6, 6.07) is 15.3. The number of aromatic nitrogens is 3. The van der Waals surface area contributed by atoms with Crippen molar-refractivity contribution in [3.05, 3.63) is 75.9 Å². The van der Waals surface area contributed by atoms with Gasteiger partial charge in [-0.05, 0) is 48.0 Å². The number of ether oxygens (including phenoxy) is 1. The minimum atomic E-state index is -3.82. The third-order valence-corrected chi connectivity index (χ3v) is 6.26. The summed E-state index contributed by atoms with van der Waals surface area (Å²) < 4.78 is 41.5. The molecule has 0 aliphatic heterocycles. The minimum absolute atomic E-state index is 0.00300. The zero-order valence-electron chi connectivity index (χ0n) is 16.1. The second-order valence-electron chi connectivity index (χ2n) is 6.46. The molecule has 2 heterocycles. The van der Waals surface area contributed by atoms with Gasteiger partial charge < -0.3 is 9.15 Å². The second-order valence-corrected chi connectivity index (χ2v) is 9.54. The van der Waals surface area contributed by atoms with Gasteiger partial charge in [0.05, 0.1) is 24.8 Å².